The molecule has 0 aliphatic carbocycles. The fourth-order valence-corrected chi connectivity index (χ4v) is 4.22. The Morgan fingerprint density at radius 2 is 1.96 bits per heavy atom. The van der Waals surface area contributed by atoms with Gasteiger partial charge in [0.2, 0.25) is 5.89 Å². The standard InChI is InChI=1S/C20H29N5O/c1-14(2)19-22-20(24-26-19)25-10-8-16(9-11-25)18-17(13-21-23-18)12-15-6-4-3-5-7-15/h3-7,14,16-18,21,23H,8-13H2,1-2H3. The zero-order chi connectivity index (χ0) is 17.9. The molecular weight excluding hydrogens is 326 g/mol. The molecule has 4 rings (SSSR count). The van der Waals surface area contributed by atoms with E-state index in [9.17, 15) is 0 Å². The molecule has 1 aromatic carbocycles. The van der Waals surface area contributed by atoms with Crippen molar-refractivity contribution in [1.29, 1.82) is 0 Å². The molecule has 3 heterocycles. The Kier molecular flexibility index (Phi) is 5.22. The van der Waals surface area contributed by atoms with Crippen molar-refractivity contribution >= 4 is 5.95 Å². The van der Waals surface area contributed by atoms with Crippen molar-refractivity contribution in [2.24, 2.45) is 11.8 Å². The molecule has 2 fully saturated rings. The van der Waals surface area contributed by atoms with Gasteiger partial charge in [0, 0.05) is 31.6 Å². The van der Waals surface area contributed by atoms with Crippen molar-refractivity contribution in [2.75, 3.05) is 24.5 Å². The van der Waals surface area contributed by atoms with E-state index in [4.69, 9.17) is 4.52 Å². The van der Waals surface area contributed by atoms with Gasteiger partial charge in [0.05, 0.1) is 0 Å². The monoisotopic (exact) mass is 355 g/mol. The van der Waals surface area contributed by atoms with Gasteiger partial charge in [-0.15, -0.1) is 0 Å². The lowest BCUT2D eigenvalue weighted by atomic mass is 9.81. The van der Waals surface area contributed by atoms with Crippen LogP contribution in [0.25, 0.3) is 0 Å². The van der Waals surface area contributed by atoms with Crippen molar-refractivity contribution in [3.8, 4) is 0 Å². The summed E-state index contributed by atoms with van der Waals surface area (Å²) in [5.74, 6) is 3.09. The summed E-state index contributed by atoms with van der Waals surface area (Å²) in [6.07, 6.45) is 3.46. The van der Waals surface area contributed by atoms with E-state index in [1.165, 1.54) is 5.56 Å². The Balaban J connectivity index is 1.34. The minimum absolute atomic E-state index is 0.279. The normalized spacial score (nSPS) is 24.5. The zero-order valence-electron chi connectivity index (χ0n) is 15.7. The third-order valence-electron chi connectivity index (χ3n) is 5.74. The van der Waals surface area contributed by atoms with Gasteiger partial charge in [-0.25, -0.2) is 0 Å². The Bertz CT molecular complexity index is 693. The van der Waals surface area contributed by atoms with Gasteiger partial charge < -0.3 is 9.42 Å². The highest BCUT2D eigenvalue weighted by Gasteiger charge is 2.36. The summed E-state index contributed by atoms with van der Waals surface area (Å²) in [6.45, 7) is 7.20. The van der Waals surface area contributed by atoms with Gasteiger partial charge in [-0.3, -0.25) is 10.9 Å². The Labute approximate surface area is 155 Å². The molecule has 2 aromatic rings. The van der Waals surface area contributed by atoms with Gasteiger partial charge >= 0.3 is 0 Å². The third kappa shape index (κ3) is 3.76. The van der Waals surface area contributed by atoms with Crippen LogP contribution in [0.3, 0.4) is 0 Å². The van der Waals surface area contributed by atoms with E-state index in [1.54, 1.807) is 0 Å². The van der Waals surface area contributed by atoms with Gasteiger partial charge in [0.1, 0.15) is 0 Å². The van der Waals surface area contributed by atoms with Gasteiger partial charge in [0.25, 0.3) is 5.95 Å². The molecule has 2 atom stereocenters. The number of piperidine rings is 1. The molecule has 0 spiro atoms. The maximum atomic E-state index is 5.36. The van der Waals surface area contributed by atoms with Crippen molar-refractivity contribution < 1.29 is 4.52 Å². The van der Waals surface area contributed by atoms with E-state index < -0.39 is 0 Å². The first-order valence-electron chi connectivity index (χ1n) is 9.81. The van der Waals surface area contributed by atoms with Crippen molar-refractivity contribution in [2.45, 2.75) is 45.1 Å². The maximum absolute atomic E-state index is 5.36. The summed E-state index contributed by atoms with van der Waals surface area (Å²) in [5.41, 5.74) is 8.38. The van der Waals surface area contributed by atoms with E-state index in [1.807, 2.05) is 0 Å². The van der Waals surface area contributed by atoms with Crippen LogP contribution >= 0.6 is 0 Å². The highest BCUT2D eigenvalue weighted by atomic mass is 16.5. The summed E-state index contributed by atoms with van der Waals surface area (Å²) >= 11 is 0. The Morgan fingerprint density at radius 1 is 1.19 bits per heavy atom. The number of aromatic nitrogens is 2. The molecule has 0 bridgehead atoms. The van der Waals surface area contributed by atoms with E-state index in [-0.39, 0.29) is 5.92 Å². The lowest BCUT2D eigenvalue weighted by Crippen LogP contribution is -2.45. The predicted molar refractivity (Wildman–Crippen MR) is 102 cm³/mol. The number of nitrogens with one attached hydrogen (secondary N) is 2. The van der Waals surface area contributed by atoms with E-state index in [0.29, 0.717) is 17.9 Å². The second kappa shape index (κ2) is 7.76. The van der Waals surface area contributed by atoms with E-state index in [0.717, 1.165) is 50.7 Å². The Hall–Kier alpha value is -1.92. The van der Waals surface area contributed by atoms with Crippen LogP contribution in [-0.4, -0.2) is 35.8 Å². The highest BCUT2D eigenvalue weighted by molar-refractivity contribution is 5.29. The number of hydrogen-bond donors (Lipinski definition) is 2. The topological polar surface area (TPSA) is 66.2 Å². The average molecular weight is 355 g/mol. The number of rotatable bonds is 5. The smallest absolute Gasteiger partial charge is 0.266 e. The molecule has 2 aliphatic heterocycles. The molecule has 2 N–H and O–H groups in total. The molecule has 2 saturated heterocycles. The minimum Gasteiger partial charge on any atom is -0.338 e. The first kappa shape index (κ1) is 17.5. The number of hydrogen-bond acceptors (Lipinski definition) is 6. The summed E-state index contributed by atoms with van der Waals surface area (Å²) < 4.78 is 5.36. The van der Waals surface area contributed by atoms with E-state index >= 15 is 0 Å². The van der Waals surface area contributed by atoms with Crippen LogP contribution in [0.4, 0.5) is 5.95 Å². The molecule has 0 amide bonds. The van der Waals surface area contributed by atoms with Crippen LogP contribution in [0.5, 0.6) is 0 Å². The number of benzene rings is 1. The van der Waals surface area contributed by atoms with Gasteiger partial charge in [-0.2, -0.15) is 4.98 Å². The largest absolute Gasteiger partial charge is 0.338 e. The average Bonchev–Trinajstić information content (AvgIpc) is 3.32. The zero-order valence-corrected chi connectivity index (χ0v) is 15.7. The SMILES string of the molecule is CC(C)c1nc(N2CCC(C3NNCC3Cc3ccccc3)CC2)no1. The second-order valence-corrected chi connectivity index (χ2v) is 7.91. The molecule has 0 radical (unpaired) electrons. The second-order valence-electron chi connectivity index (χ2n) is 7.91. The minimum atomic E-state index is 0.279. The van der Waals surface area contributed by atoms with E-state index in [2.05, 4.69) is 70.1 Å². The van der Waals surface area contributed by atoms with Crippen LogP contribution in [0, 0.1) is 11.8 Å². The summed E-state index contributed by atoms with van der Waals surface area (Å²) in [4.78, 5) is 6.81. The molecule has 140 valence electrons. The molecule has 2 aliphatic rings. The maximum Gasteiger partial charge on any atom is 0.266 e. The molecule has 1 aromatic heterocycles. The lowest BCUT2D eigenvalue weighted by molar-refractivity contribution is 0.266. The van der Waals surface area contributed by atoms with Gasteiger partial charge in [0.15, 0.2) is 0 Å². The number of nitrogens with zero attached hydrogens (tertiary/aromatic N) is 3. The van der Waals surface area contributed by atoms with Crippen molar-refractivity contribution in [1.82, 2.24) is 21.0 Å². The Morgan fingerprint density at radius 3 is 2.65 bits per heavy atom. The fraction of sp³-hybridized carbons (Fsp3) is 0.600. The first-order valence-corrected chi connectivity index (χ1v) is 9.81. The fourth-order valence-electron chi connectivity index (χ4n) is 4.22. The molecule has 0 saturated carbocycles. The highest BCUT2D eigenvalue weighted by Crippen LogP contribution is 2.30. The van der Waals surface area contributed by atoms with Crippen LogP contribution < -0.4 is 15.8 Å². The molecule has 6 heteroatoms. The number of anilines is 1. The third-order valence-corrected chi connectivity index (χ3v) is 5.74. The molecular formula is C20H29N5O. The predicted octanol–water partition coefficient (Wildman–Crippen LogP) is 2.74. The summed E-state index contributed by atoms with van der Waals surface area (Å²) in [6, 6.07) is 11.4. The lowest BCUT2D eigenvalue weighted by Gasteiger charge is -2.35. The summed E-state index contributed by atoms with van der Waals surface area (Å²) in [7, 11) is 0. The van der Waals surface area contributed by atoms with Crippen LogP contribution in [0.15, 0.2) is 34.9 Å². The summed E-state index contributed by atoms with van der Waals surface area (Å²) in [5, 5.41) is 4.17. The number of hydrazine groups is 1. The van der Waals surface area contributed by atoms with Crippen LogP contribution in [-0.2, 0) is 6.42 Å². The van der Waals surface area contributed by atoms with Gasteiger partial charge in [-0.05, 0) is 41.8 Å². The molecule has 26 heavy (non-hydrogen) atoms. The molecule has 6 nitrogen and oxygen atoms in total. The first-order chi connectivity index (χ1) is 12.7. The quantitative estimate of drug-likeness (QED) is 0.860. The molecule has 2 unspecified atom stereocenters. The van der Waals surface area contributed by atoms with Crippen LogP contribution in [0.2, 0.25) is 0 Å². The van der Waals surface area contributed by atoms with Gasteiger partial charge in [-0.1, -0.05) is 44.2 Å². The van der Waals surface area contributed by atoms with Crippen molar-refractivity contribution in [3.63, 3.8) is 0 Å². The van der Waals surface area contributed by atoms with Crippen LogP contribution in [0.1, 0.15) is 44.1 Å². The van der Waals surface area contributed by atoms with Crippen molar-refractivity contribution in [3.05, 3.63) is 41.8 Å².